The first-order valence-electron chi connectivity index (χ1n) is 12.2. The van der Waals surface area contributed by atoms with Crippen molar-refractivity contribution in [3.63, 3.8) is 0 Å². The highest BCUT2D eigenvalue weighted by Gasteiger charge is 2.35. The van der Waals surface area contributed by atoms with Crippen LogP contribution in [0.25, 0.3) is 11.0 Å². The summed E-state index contributed by atoms with van der Waals surface area (Å²) in [5.74, 6) is -3.04. The first kappa shape index (κ1) is 25.9. The molecule has 4 heterocycles. The van der Waals surface area contributed by atoms with Crippen molar-refractivity contribution in [1.29, 1.82) is 0 Å². The van der Waals surface area contributed by atoms with Crippen molar-refractivity contribution in [3.8, 4) is 0 Å². The molecule has 0 aliphatic carbocycles. The van der Waals surface area contributed by atoms with Gasteiger partial charge in [-0.2, -0.15) is 0 Å². The maximum atomic E-state index is 13.7. The molecule has 1 aromatic carbocycles. The van der Waals surface area contributed by atoms with Crippen LogP contribution in [-0.2, 0) is 7.05 Å². The van der Waals surface area contributed by atoms with Gasteiger partial charge in [0.05, 0.1) is 22.9 Å². The lowest BCUT2D eigenvalue weighted by Crippen LogP contribution is -2.54. The highest BCUT2D eigenvalue weighted by molar-refractivity contribution is 6.04. The molecule has 200 valence electrons. The number of carbonyl (C=O) groups is 2. The van der Waals surface area contributed by atoms with Gasteiger partial charge in [0.15, 0.2) is 5.56 Å². The number of piperazine rings is 1. The smallest absolute Gasteiger partial charge is 0.354 e. The van der Waals surface area contributed by atoms with Crippen LogP contribution in [0.15, 0.2) is 59.8 Å². The monoisotopic (exact) mass is 532 g/mol. The molecule has 39 heavy (non-hydrogen) atoms. The van der Waals surface area contributed by atoms with Gasteiger partial charge in [-0.3, -0.25) is 9.69 Å². The average Bonchev–Trinajstić information content (AvgIpc) is 2.92. The van der Waals surface area contributed by atoms with Crippen LogP contribution in [0.3, 0.4) is 0 Å². The van der Waals surface area contributed by atoms with Gasteiger partial charge >= 0.3 is 11.9 Å². The topological polar surface area (TPSA) is 142 Å². The maximum Gasteiger partial charge on any atom is 0.354 e. The molecule has 1 unspecified atom stereocenters. The Kier molecular flexibility index (Phi) is 6.79. The molecule has 1 aliphatic rings. The van der Waals surface area contributed by atoms with E-state index in [4.69, 9.17) is 0 Å². The summed E-state index contributed by atoms with van der Waals surface area (Å²) in [6, 6.07) is 10.2. The van der Waals surface area contributed by atoms with Crippen LogP contribution in [-0.4, -0.2) is 72.2 Å². The minimum absolute atomic E-state index is 0.0931. The van der Waals surface area contributed by atoms with E-state index < -0.39 is 23.1 Å². The van der Waals surface area contributed by atoms with E-state index in [1.54, 1.807) is 29.3 Å². The molecule has 0 amide bonds. The predicted octanol–water partition coefficient (Wildman–Crippen LogP) is 2.56. The lowest BCUT2D eigenvalue weighted by molar-refractivity contribution is 0.0683. The molecule has 0 bridgehead atoms. The van der Waals surface area contributed by atoms with Crippen molar-refractivity contribution in [1.82, 2.24) is 24.4 Å². The van der Waals surface area contributed by atoms with Gasteiger partial charge in [-0.25, -0.2) is 28.9 Å². The number of pyridine rings is 2. The lowest BCUT2D eigenvalue weighted by atomic mass is 9.98. The Hall–Kier alpha value is -4.71. The minimum atomic E-state index is -1.42. The SMILES string of the molecule is C[C@@H]1CN(c2c(C(=O)O)c(=O)n(C)c3ccc(C(=O)O)nc23)CCN1C(c1ccc(F)cc1)c1ccncn1. The number of hydrogen-bond donors (Lipinski definition) is 2. The standard InChI is InChI=1S/C27H25FN6O5/c1-15-13-33(11-12-34(15)23(18-9-10-29-14-30-18)16-3-5-17(28)6-4-16)24-21(27(38)39)25(35)32(2)20-8-7-19(26(36)37)31-22(20)24/h3-10,14-15,23H,11-13H2,1-2H3,(H,36,37)(H,38,39)/t15-,23?/m1/s1. The van der Waals surface area contributed by atoms with Gasteiger partial charge in [0.25, 0.3) is 5.56 Å². The molecule has 5 rings (SSSR count). The van der Waals surface area contributed by atoms with E-state index in [9.17, 15) is 29.0 Å². The fraction of sp³-hybridized carbons (Fsp3) is 0.259. The Morgan fingerprint density at radius 1 is 1.05 bits per heavy atom. The number of benzene rings is 1. The fourth-order valence-electron chi connectivity index (χ4n) is 5.21. The van der Waals surface area contributed by atoms with Crippen LogP contribution >= 0.6 is 0 Å². The Balaban J connectivity index is 1.59. The number of fused-ring (bicyclic) bond motifs is 1. The average molecular weight is 533 g/mol. The van der Waals surface area contributed by atoms with Gasteiger partial charge in [-0.15, -0.1) is 0 Å². The zero-order valence-corrected chi connectivity index (χ0v) is 21.2. The number of aryl methyl sites for hydroxylation is 1. The molecule has 1 aliphatic heterocycles. The lowest BCUT2D eigenvalue weighted by Gasteiger charge is -2.45. The number of aromatic nitrogens is 4. The van der Waals surface area contributed by atoms with E-state index >= 15 is 0 Å². The van der Waals surface area contributed by atoms with Crippen molar-refractivity contribution in [3.05, 3.63) is 93.7 Å². The fourth-order valence-corrected chi connectivity index (χ4v) is 5.21. The molecule has 2 atom stereocenters. The van der Waals surface area contributed by atoms with Crippen molar-refractivity contribution in [2.75, 3.05) is 24.5 Å². The predicted molar refractivity (Wildman–Crippen MR) is 140 cm³/mol. The van der Waals surface area contributed by atoms with Crippen LogP contribution in [0.4, 0.5) is 10.1 Å². The summed E-state index contributed by atoms with van der Waals surface area (Å²) in [5, 5.41) is 19.5. The van der Waals surface area contributed by atoms with E-state index in [0.717, 1.165) is 11.3 Å². The minimum Gasteiger partial charge on any atom is -0.477 e. The summed E-state index contributed by atoms with van der Waals surface area (Å²) in [6.07, 6.45) is 3.08. The highest BCUT2D eigenvalue weighted by atomic mass is 19.1. The number of hydrogen-bond acceptors (Lipinski definition) is 8. The summed E-state index contributed by atoms with van der Waals surface area (Å²) in [5.41, 5.74) is 0.650. The molecular weight excluding hydrogens is 507 g/mol. The van der Waals surface area contributed by atoms with Gasteiger partial charge in [-0.05, 0) is 42.8 Å². The first-order valence-corrected chi connectivity index (χ1v) is 12.2. The molecule has 1 fully saturated rings. The van der Waals surface area contributed by atoms with E-state index in [1.165, 1.54) is 42.2 Å². The molecule has 3 aromatic heterocycles. The van der Waals surface area contributed by atoms with E-state index in [2.05, 4.69) is 19.9 Å². The molecule has 12 heteroatoms. The van der Waals surface area contributed by atoms with Crippen LogP contribution in [0.5, 0.6) is 0 Å². The Labute approximate surface area is 221 Å². The van der Waals surface area contributed by atoms with Gasteiger partial charge < -0.3 is 19.7 Å². The number of anilines is 1. The van der Waals surface area contributed by atoms with Gasteiger partial charge in [-0.1, -0.05) is 12.1 Å². The van der Waals surface area contributed by atoms with Crippen LogP contribution < -0.4 is 10.5 Å². The zero-order chi connectivity index (χ0) is 27.8. The second-order valence-corrected chi connectivity index (χ2v) is 9.38. The summed E-state index contributed by atoms with van der Waals surface area (Å²) >= 11 is 0. The van der Waals surface area contributed by atoms with Gasteiger partial charge in [0, 0.05) is 38.9 Å². The summed E-state index contributed by atoms with van der Waals surface area (Å²) < 4.78 is 14.9. The zero-order valence-electron chi connectivity index (χ0n) is 21.2. The van der Waals surface area contributed by atoms with E-state index in [1.807, 2.05) is 6.92 Å². The van der Waals surface area contributed by atoms with Crippen molar-refractivity contribution in [2.24, 2.45) is 7.05 Å². The number of carboxylic acid groups (broad SMARTS) is 2. The second kappa shape index (κ2) is 10.2. The Morgan fingerprint density at radius 3 is 2.41 bits per heavy atom. The molecule has 4 aromatic rings. The Bertz CT molecular complexity index is 1630. The Morgan fingerprint density at radius 2 is 1.79 bits per heavy atom. The largest absolute Gasteiger partial charge is 0.477 e. The van der Waals surface area contributed by atoms with E-state index in [0.29, 0.717) is 25.2 Å². The van der Waals surface area contributed by atoms with Crippen LogP contribution in [0.1, 0.15) is 45.1 Å². The number of carboxylic acids is 2. The van der Waals surface area contributed by atoms with Crippen molar-refractivity contribution in [2.45, 2.75) is 19.0 Å². The number of halogens is 1. The number of rotatable bonds is 6. The summed E-state index contributed by atoms with van der Waals surface area (Å²) in [7, 11) is 1.43. The van der Waals surface area contributed by atoms with Crippen molar-refractivity contribution < 1.29 is 24.2 Å². The third kappa shape index (κ3) is 4.70. The molecule has 0 saturated carbocycles. The third-order valence-electron chi connectivity index (χ3n) is 7.05. The molecule has 0 spiro atoms. The molecule has 1 saturated heterocycles. The number of nitrogens with zero attached hydrogens (tertiary/aromatic N) is 6. The normalized spacial score (nSPS) is 16.8. The second-order valence-electron chi connectivity index (χ2n) is 9.38. The maximum absolute atomic E-state index is 13.7. The third-order valence-corrected chi connectivity index (χ3v) is 7.05. The van der Waals surface area contributed by atoms with Gasteiger partial charge in [0.2, 0.25) is 0 Å². The van der Waals surface area contributed by atoms with Crippen LogP contribution in [0, 0.1) is 5.82 Å². The summed E-state index contributed by atoms with van der Waals surface area (Å²) in [4.78, 5) is 53.7. The molecule has 11 nitrogen and oxygen atoms in total. The van der Waals surface area contributed by atoms with Crippen molar-refractivity contribution >= 4 is 28.7 Å². The molecular formula is C27H25FN6O5. The first-order chi connectivity index (χ1) is 18.7. The highest BCUT2D eigenvalue weighted by Crippen LogP contribution is 2.34. The van der Waals surface area contributed by atoms with Gasteiger partial charge in [0.1, 0.15) is 23.4 Å². The van der Waals surface area contributed by atoms with Crippen LogP contribution in [0.2, 0.25) is 0 Å². The molecule has 0 radical (unpaired) electrons. The molecule has 2 N–H and O–H groups in total. The number of aromatic carboxylic acids is 2. The quantitative estimate of drug-likeness (QED) is 0.380. The summed E-state index contributed by atoms with van der Waals surface area (Å²) in [6.45, 7) is 3.02. The van der Waals surface area contributed by atoms with E-state index in [-0.39, 0.29) is 34.8 Å².